The van der Waals surface area contributed by atoms with E-state index in [1.54, 1.807) is 0 Å². The quantitative estimate of drug-likeness (QED) is 0.775. The smallest absolute Gasteiger partial charge is 0.135 e. The van der Waals surface area contributed by atoms with E-state index in [4.69, 9.17) is 17.3 Å². The molecule has 1 aromatic heterocycles. The number of para-hydroxylation sites is 1. The summed E-state index contributed by atoms with van der Waals surface area (Å²) in [5.74, 6) is 1.22. The molecule has 0 bridgehead atoms. The van der Waals surface area contributed by atoms with Gasteiger partial charge in [-0.1, -0.05) is 35.9 Å². The average molecular weight is 270 g/mol. The van der Waals surface area contributed by atoms with Gasteiger partial charge in [-0.25, -0.2) is 9.97 Å². The number of anilines is 1. The molecule has 3 aromatic rings. The summed E-state index contributed by atoms with van der Waals surface area (Å²) >= 11 is 5.97. The SMILES string of the molecule is Nc1nc(Cc2cccc(Cl)c2)nc2ccccc12. The van der Waals surface area contributed by atoms with Crippen LogP contribution >= 0.6 is 11.6 Å². The Kier molecular flexibility index (Phi) is 3.05. The molecule has 0 saturated carbocycles. The first-order valence-electron chi connectivity index (χ1n) is 5.98. The first-order chi connectivity index (χ1) is 9.22. The summed E-state index contributed by atoms with van der Waals surface area (Å²) in [5, 5.41) is 1.60. The molecule has 0 aliphatic rings. The number of hydrogen-bond acceptors (Lipinski definition) is 3. The predicted molar refractivity (Wildman–Crippen MR) is 78.2 cm³/mol. The van der Waals surface area contributed by atoms with Crippen molar-refractivity contribution in [1.29, 1.82) is 0 Å². The highest BCUT2D eigenvalue weighted by atomic mass is 35.5. The van der Waals surface area contributed by atoms with Gasteiger partial charge in [-0.2, -0.15) is 0 Å². The number of fused-ring (bicyclic) bond motifs is 1. The Morgan fingerprint density at radius 3 is 2.68 bits per heavy atom. The van der Waals surface area contributed by atoms with Gasteiger partial charge in [-0.3, -0.25) is 0 Å². The Labute approximate surface area is 116 Å². The molecule has 1 heterocycles. The lowest BCUT2D eigenvalue weighted by Crippen LogP contribution is -2.01. The van der Waals surface area contributed by atoms with Gasteiger partial charge in [0, 0.05) is 16.8 Å². The molecule has 0 atom stereocenters. The van der Waals surface area contributed by atoms with Crippen molar-refractivity contribution in [3.63, 3.8) is 0 Å². The van der Waals surface area contributed by atoms with Crippen LogP contribution in [-0.2, 0) is 6.42 Å². The largest absolute Gasteiger partial charge is 0.383 e. The number of hydrogen-bond donors (Lipinski definition) is 1. The highest BCUT2D eigenvalue weighted by Crippen LogP contribution is 2.19. The standard InChI is InChI=1S/C15H12ClN3/c16-11-5-3-4-10(8-11)9-14-18-13-7-2-1-6-12(13)15(17)19-14/h1-8H,9H2,(H2,17,18,19). The van der Waals surface area contributed by atoms with E-state index in [0.717, 1.165) is 16.5 Å². The van der Waals surface area contributed by atoms with Crippen LogP contribution in [-0.4, -0.2) is 9.97 Å². The van der Waals surface area contributed by atoms with Crippen LogP contribution in [0.5, 0.6) is 0 Å². The van der Waals surface area contributed by atoms with Crippen molar-refractivity contribution in [1.82, 2.24) is 9.97 Å². The summed E-state index contributed by atoms with van der Waals surface area (Å²) in [6, 6.07) is 15.4. The molecule has 94 valence electrons. The zero-order valence-electron chi connectivity index (χ0n) is 10.2. The number of halogens is 1. The van der Waals surface area contributed by atoms with Gasteiger partial charge in [-0.15, -0.1) is 0 Å². The average Bonchev–Trinajstić information content (AvgIpc) is 2.39. The van der Waals surface area contributed by atoms with Crippen LogP contribution in [0.1, 0.15) is 11.4 Å². The van der Waals surface area contributed by atoms with Gasteiger partial charge in [0.05, 0.1) is 5.52 Å². The molecule has 2 aromatic carbocycles. The van der Waals surface area contributed by atoms with Crippen LogP contribution in [0, 0.1) is 0 Å². The molecule has 3 rings (SSSR count). The van der Waals surface area contributed by atoms with Crippen molar-refractivity contribution in [2.75, 3.05) is 5.73 Å². The molecule has 0 unspecified atom stereocenters. The maximum atomic E-state index is 5.97. The fraction of sp³-hybridized carbons (Fsp3) is 0.0667. The van der Waals surface area contributed by atoms with Gasteiger partial charge < -0.3 is 5.73 Å². The third-order valence-electron chi connectivity index (χ3n) is 2.93. The number of benzene rings is 2. The van der Waals surface area contributed by atoms with E-state index in [1.807, 2.05) is 48.5 Å². The topological polar surface area (TPSA) is 51.8 Å². The Morgan fingerprint density at radius 1 is 1.00 bits per heavy atom. The van der Waals surface area contributed by atoms with Gasteiger partial charge in [0.15, 0.2) is 0 Å². The lowest BCUT2D eigenvalue weighted by atomic mass is 10.1. The molecule has 19 heavy (non-hydrogen) atoms. The summed E-state index contributed by atoms with van der Waals surface area (Å²) in [7, 11) is 0. The molecular weight excluding hydrogens is 258 g/mol. The summed E-state index contributed by atoms with van der Waals surface area (Å²) in [4.78, 5) is 8.88. The Bertz CT molecular complexity index is 740. The predicted octanol–water partition coefficient (Wildman–Crippen LogP) is 3.46. The van der Waals surface area contributed by atoms with Gasteiger partial charge in [0.25, 0.3) is 0 Å². The number of nitrogen functional groups attached to an aromatic ring is 1. The zero-order chi connectivity index (χ0) is 13.2. The summed E-state index contributed by atoms with van der Waals surface area (Å²) in [6.07, 6.45) is 0.621. The molecule has 0 radical (unpaired) electrons. The van der Waals surface area contributed by atoms with Crippen LogP contribution in [0.2, 0.25) is 5.02 Å². The van der Waals surface area contributed by atoms with Crippen molar-refractivity contribution < 1.29 is 0 Å². The molecule has 0 aliphatic heterocycles. The number of nitrogens with two attached hydrogens (primary N) is 1. The Balaban J connectivity index is 2.02. The van der Waals surface area contributed by atoms with Crippen molar-refractivity contribution in [2.24, 2.45) is 0 Å². The summed E-state index contributed by atoms with van der Waals surface area (Å²) in [6.45, 7) is 0. The Morgan fingerprint density at radius 2 is 1.84 bits per heavy atom. The number of aromatic nitrogens is 2. The minimum Gasteiger partial charge on any atom is -0.383 e. The molecule has 2 N–H and O–H groups in total. The molecule has 4 heteroatoms. The highest BCUT2D eigenvalue weighted by molar-refractivity contribution is 6.30. The van der Waals surface area contributed by atoms with E-state index in [9.17, 15) is 0 Å². The van der Waals surface area contributed by atoms with E-state index in [2.05, 4.69) is 9.97 Å². The molecule has 0 amide bonds. The van der Waals surface area contributed by atoms with Crippen LogP contribution in [0.25, 0.3) is 10.9 Å². The fourth-order valence-electron chi connectivity index (χ4n) is 2.06. The van der Waals surface area contributed by atoms with E-state index in [1.165, 1.54) is 0 Å². The lowest BCUT2D eigenvalue weighted by Gasteiger charge is -2.05. The van der Waals surface area contributed by atoms with Crippen molar-refractivity contribution in [3.05, 3.63) is 64.9 Å². The second-order valence-electron chi connectivity index (χ2n) is 4.35. The minimum absolute atomic E-state index is 0.516. The lowest BCUT2D eigenvalue weighted by molar-refractivity contribution is 0.998. The monoisotopic (exact) mass is 269 g/mol. The molecule has 0 saturated heterocycles. The number of nitrogens with zero attached hydrogens (tertiary/aromatic N) is 2. The van der Waals surface area contributed by atoms with Crippen molar-refractivity contribution in [2.45, 2.75) is 6.42 Å². The minimum atomic E-state index is 0.516. The van der Waals surface area contributed by atoms with Gasteiger partial charge in [0.1, 0.15) is 11.6 Å². The van der Waals surface area contributed by atoms with Gasteiger partial charge in [0.2, 0.25) is 0 Å². The van der Waals surface area contributed by atoms with E-state index in [0.29, 0.717) is 23.1 Å². The maximum absolute atomic E-state index is 5.97. The zero-order valence-corrected chi connectivity index (χ0v) is 10.9. The second kappa shape index (κ2) is 4.86. The van der Waals surface area contributed by atoms with Crippen molar-refractivity contribution in [3.8, 4) is 0 Å². The van der Waals surface area contributed by atoms with E-state index < -0.39 is 0 Å². The van der Waals surface area contributed by atoms with Gasteiger partial charge >= 0.3 is 0 Å². The third-order valence-corrected chi connectivity index (χ3v) is 3.17. The fourth-order valence-corrected chi connectivity index (χ4v) is 2.27. The van der Waals surface area contributed by atoms with Gasteiger partial charge in [-0.05, 0) is 29.8 Å². The van der Waals surface area contributed by atoms with Crippen LogP contribution in [0.3, 0.4) is 0 Å². The first kappa shape index (κ1) is 11.9. The molecule has 3 nitrogen and oxygen atoms in total. The van der Waals surface area contributed by atoms with Crippen LogP contribution in [0.15, 0.2) is 48.5 Å². The maximum Gasteiger partial charge on any atom is 0.135 e. The normalized spacial score (nSPS) is 10.8. The molecule has 0 spiro atoms. The molecule has 0 aliphatic carbocycles. The summed E-state index contributed by atoms with van der Waals surface area (Å²) < 4.78 is 0. The number of rotatable bonds is 2. The third kappa shape index (κ3) is 2.51. The second-order valence-corrected chi connectivity index (χ2v) is 4.79. The van der Waals surface area contributed by atoms with Crippen molar-refractivity contribution >= 4 is 28.3 Å². The Hall–Kier alpha value is -2.13. The molecule has 0 fully saturated rings. The summed E-state index contributed by atoms with van der Waals surface area (Å²) in [5.41, 5.74) is 7.90. The van der Waals surface area contributed by atoms with E-state index >= 15 is 0 Å². The molecular formula is C15H12ClN3. The highest BCUT2D eigenvalue weighted by Gasteiger charge is 2.05. The van der Waals surface area contributed by atoms with Crippen LogP contribution < -0.4 is 5.73 Å². The van der Waals surface area contributed by atoms with E-state index in [-0.39, 0.29) is 0 Å². The first-order valence-corrected chi connectivity index (χ1v) is 6.36. The van der Waals surface area contributed by atoms with Crippen LogP contribution in [0.4, 0.5) is 5.82 Å².